The monoisotopic (exact) mass is 202 g/mol. The SMILES string of the molecule is CC(C)(C)C[n+]1cnc2cnccc2c1. The van der Waals surface area contributed by atoms with E-state index in [0.29, 0.717) is 0 Å². The predicted molar refractivity (Wildman–Crippen MR) is 59.2 cm³/mol. The minimum Gasteiger partial charge on any atom is -0.260 e. The van der Waals surface area contributed by atoms with Crippen LogP contribution in [0.3, 0.4) is 0 Å². The first-order valence-electron chi connectivity index (χ1n) is 5.13. The Kier molecular flexibility index (Phi) is 2.39. The van der Waals surface area contributed by atoms with Crippen LogP contribution in [0.2, 0.25) is 0 Å². The topological polar surface area (TPSA) is 29.7 Å². The van der Waals surface area contributed by atoms with Crippen molar-refractivity contribution in [1.29, 1.82) is 0 Å². The third kappa shape index (κ3) is 2.49. The highest BCUT2D eigenvalue weighted by atomic mass is 15.0. The van der Waals surface area contributed by atoms with Crippen LogP contribution in [-0.4, -0.2) is 9.97 Å². The minimum absolute atomic E-state index is 0.271. The molecule has 0 bridgehead atoms. The van der Waals surface area contributed by atoms with Gasteiger partial charge in [-0.05, 0) is 16.5 Å². The maximum Gasteiger partial charge on any atom is 0.286 e. The van der Waals surface area contributed by atoms with E-state index in [1.807, 2.05) is 12.4 Å². The summed E-state index contributed by atoms with van der Waals surface area (Å²) in [4.78, 5) is 8.41. The fourth-order valence-electron chi connectivity index (χ4n) is 1.60. The summed E-state index contributed by atoms with van der Waals surface area (Å²) in [7, 11) is 0. The van der Waals surface area contributed by atoms with Crippen molar-refractivity contribution in [2.75, 3.05) is 0 Å². The Balaban J connectivity index is 2.39. The summed E-state index contributed by atoms with van der Waals surface area (Å²) < 4.78 is 2.13. The molecule has 78 valence electrons. The lowest BCUT2D eigenvalue weighted by molar-refractivity contribution is -0.709. The number of hydrogen-bond donors (Lipinski definition) is 0. The van der Waals surface area contributed by atoms with Crippen molar-refractivity contribution in [3.05, 3.63) is 31.0 Å². The summed E-state index contributed by atoms with van der Waals surface area (Å²) in [6.45, 7) is 7.63. The zero-order valence-corrected chi connectivity index (χ0v) is 9.44. The molecule has 0 N–H and O–H groups in total. The second kappa shape index (κ2) is 3.57. The van der Waals surface area contributed by atoms with E-state index in [9.17, 15) is 0 Å². The molecule has 0 unspecified atom stereocenters. The van der Waals surface area contributed by atoms with Crippen LogP contribution in [0.4, 0.5) is 0 Å². The molecule has 3 heteroatoms. The fourth-order valence-corrected chi connectivity index (χ4v) is 1.60. The maximum absolute atomic E-state index is 4.37. The van der Waals surface area contributed by atoms with Crippen LogP contribution in [0.5, 0.6) is 0 Å². The molecule has 2 aromatic rings. The quantitative estimate of drug-likeness (QED) is 0.662. The Morgan fingerprint density at radius 3 is 2.87 bits per heavy atom. The largest absolute Gasteiger partial charge is 0.286 e. The van der Waals surface area contributed by atoms with Crippen LogP contribution in [-0.2, 0) is 6.54 Å². The molecule has 2 aromatic heterocycles. The van der Waals surface area contributed by atoms with Crippen molar-refractivity contribution < 1.29 is 4.57 Å². The number of aromatic nitrogens is 3. The molecule has 0 aliphatic rings. The van der Waals surface area contributed by atoms with E-state index in [1.54, 1.807) is 12.4 Å². The van der Waals surface area contributed by atoms with Gasteiger partial charge in [0.25, 0.3) is 6.33 Å². The first-order chi connectivity index (χ1) is 7.04. The van der Waals surface area contributed by atoms with Crippen LogP contribution in [0.25, 0.3) is 10.9 Å². The van der Waals surface area contributed by atoms with Gasteiger partial charge in [0.05, 0.1) is 18.1 Å². The molecule has 0 aliphatic heterocycles. The van der Waals surface area contributed by atoms with E-state index in [-0.39, 0.29) is 5.41 Å². The van der Waals surface area contributed by atoms with Crippen molar-refractivity contribution in [1.82, 2.24) is 9.97 Å². The molecule has 0 radical (unpaired) electrons. The van der Waals surface area contributed by atoms with E-state index in [0.717, 1.165) is 17.4 Å². The Morgan fingerprint density at radius 2 is 2.13 bits per heavy atom. The molecule has 0 saturated carbocycles. The summed E-state index contributed by atoms with van der Waals surface area (Å²) >= 11 is 0. The van der Waals surface area contributed by atoms with E-state index in [2.05, 4.69) is 41.5 Å². The molecule has 0 amide bonds. The Hall–Kier alpha value is -1.51. The molecule has 0 saturated heterocycles. The van der Waals surface area contributed by atoms with Crippen LogP contribution < -0.4 is 4.57 Å². The van der Waals surface area contributed by atoms with E-state index < -0.39 is 0 Å². The van der Waals surface area contributed by atoms with Gasteiger partial charge in [-0.3, -0.25) is 4.98 Å². The summed E-state index contributed by atoms with van der Waals surface area (Å²) in [6.07, 6.45) is 7.58. The van der Waals surface area contributed by atoms with E-state index in [1.165, 1.54) is 0 Å². The van der Waals surface area contributed by atoms with Crippen molar-refractivity contribution in [3.63, 3.8) is 0 Å². The first-order valence-corrected chi connectivity index (χ1v) is 5.13. The average molecular weight is 202 g/mol. The van der Waals surface area contributed by atoms with E-state index in [4.69, 9.17) is 0 Å². The standard InChI is InChI=1S/C12H16N3/c1-12(2,3)8-15-7-10-4-5-13-6-11(10)14-9-15/h4-7,9H,8H2,1-3H3/q+1. The summed E-state index contributed by atoms with van der Waals surface area (Å²) in [5, 5.41) is 1.14. The number of fused-ring (bicyclic) bond motifs is 1. The lowest BCUT2D eigenvalue weighted by atomic mass is 9.97. The van der Waals surface area contributed by atoms with Crippen LogP contribution >= 0.6 is 0 Å². The van der Waals surface area contributed by atoms with Crippen LogP contribution in [0, 0.1) is 5.41 Å². The highest BCUT2D eigenvalue weighted by Gasteiger charge is 2.15. The summed E-state index contributed by atoms with van der Waals surface area (Å²) in [5.74, 6) is 0. The second-order valence-electron chi connectivity index (χ2n) is 5.04. The predicted octanol–water partition coefficient (Wildman–Crippen LogP) is 1.96. The highest BCUT2D eigenvalue weighted by Crippen LogP contribution is 2.13. The van der Waals surface area contributed by atoms with Crippen molar-refractivity contribution in [3.8, 4) is 0 Å². The highest BCUT2D eigenvalue weighted by molar-refractivity contribution is 5.74. The normalized spacial score (nSPS) is 11.9. The number of hydrogen-bond acceptors (Lipinski definition) is 2. The van der Waals surface area contributed by atoms with Gasteiger partial charge in [-0.25, -0.2) is 4.57 Å². The molecular weight excluding hydrogens is 186 g/mol. The molecule has 0 spiro atoms. The average Bonchev–Trinajstić information content (AvgIpc) is 2.15. The van der Waals surface area contributed by atoms with Gasteiger partial charge in [-0.15, -0.1) is 0 Å². The van der Waals surface area contributed by atoms with Gasteiger partial charge < -0.3 is 0 Å². The number of pyridine rings is 1. The van der Waals surface area contributed by atoms with E-state index >= 15 is 0 Å². The fraction of sp³-hybridized carbons (Fsp3) is 0.417. The smallest absolute Gasteiger partial charge is 0.260 e. The van der Waals surface area contributed by atoms with Gasteiger partial charge in [-0.2, -0.15) is 0 Å². The Bertz CT molecular complexity index is 471. The van der Waals surface area contributed by atoms with Crippen molar-refractivity contribution in [2.24, 2.45) is 5.41 Å². The summed E-state index contributed by atoms with van der Waals surface area (Å²) in [6, 6.07) is 1.99. The molecule has 0 aromatic carbocycles. The lowest BCUT2D eigenvalue weighted by Gasteiger charge is -2.15. The van der Waals surface area contributed by atoms with Crippen LogP contribution in [0.15, 0.2) is 31.0 Å². The maximum atomic E-state index is 4.37. The molecule has 3 nitrogen and oxygen atoms in total. The zero-order valence-electron chi connectivity index (χ0n) is 9.44. The van der Waals surface area contributed by atoms with Crippen molar-refractivity contribution in [2.45, 2.75) is 27.3 Å². The number of nitrogens with zero attached hydrogens (tertiary/aromatic N) is 3. The van der Waals surface area contributed by atoms with Crippen molar-refractivity contribution >= 4 is 10.9 Å². The molecule has 0 fully saturated rings. The Labute approximate surface area is 89.8 Å². The molecule has 2 heterocycles. The third-order valence-electron chi connectivity index (χ3n) is 2.14. The van der Waals surface area contributed by atoms with Gasteiger partial charge in [-0.1, -0.05) is 20.8 Å². The second-order valence-corrected chi connectivity index (χ2v) is 5.04. The first kappa shape index (κ1) is 10.0. The molecule has 2 rings (SSSR count). The summed E-state index contributed by atoms with van der Waals surface area (Å²) in [5.41, 5.74) is 1.22. The zero-order chi connectivity index (χ0) is 10.9. The number of rotatable bonds is 1. The third-order valence-corrected chi connectivity index (χ3v) is 2.14. The molecular formula is C12H16N3+. The van der Waals surface area contributed by atoms with Gasteiger partial charge in [0.15, 0.2) is 0 Å². The van der Waals surface area contributed by atoms with Gasteiger partial charge in [0.2, 0.25) is 5.52 Å². The lowest BCUT2D eigenvalue weighted by Crippen LogP contribution is -2.40. The molecule has 15 heavy (non-hydrogen) atoms. The minimum atomic E-state index is 0.271. The van der Waals surface area contributed by atoms with Gasteiger partial charge in [0, 0.05) is 6.20 Å². The Morgan fingerprint density at radius 1 is 1.33 bits per heavy atom. The molecule has 0 atom stereocenters. The van der Waals surface area contributed by atoms with Gasteiger partial charge in [0.1, 0.15) is 6.20 Å². The van der Waals surface area contributed by atoms with Crippen LogP contribution in [0.1, 0.15) is 20.8 Å². The molecule has 0 aliphatic carbocycles. The van der Waals surface area contributed by atoms with Gasteiger partial charge >= 0.3 is 0 Å².